The number of nitrogens with one attached hydrogen (secondary N) is 1. The zero-order valence-corrected chi connectivity index (χ0v) is 9.16. The average molecular weight is 221 g/mol. The highest BCUT2D eigenvalue weighted by atomic mass is 16.5. The quantitative estimate of drug-likeness (QED) is 0.760. The first-order valence-electron chi connectivity index (χ1n) is 5.79. The highest BCUT2D eigenvalue weighted by Gasteiger charge is 2.27. The van der Waals surface area contributed by atoms with Crippen molar-refractivity contribution < 1.29 is 9.53 Å². The standard InChI is InChI=1S/C11H15N3O2/c15-11(14-4-1-2-5-14)10-8-7-16-6-3-9(8)12-13-10/h1-7H2,(H,12,13). The molecular formula is C11H15N3O2. The fourth-order valence-corrected chi connectivity index (χ4v) is 2.36. The lowest BCUT2D eigenvalue weighted by Gasteiger charge is -2.16. The number of likely N-dealkylation sites (tertiary alicyclic amines) is 1. The van der Waals surface area contributed by atoms with Gasteiger partial charge in [-0.1, -0.05) is 0 Å². The van der Waals surface area contributed by atoms with E-state index in [0.717, 1.165) is 43.6 Å². The van der Waals surface area contributed by atoms with Gasteiger partial charge in [-0.15, -0.1) is 0 Å². The van der Waals surface area contributed by atoms with Gasteiger partial charge in [0.25, 0.3) is 5.91 Å². The predicted molar refractivity (Wildman–Crippen MR) is 57.1 cm³/mol. The summed E-state index contributed by atoms with van der Waals surface area (Å²) in [5.41, 5.74) is 2.59. The van der Waals surface area contributed by atoms with Gasteiger partial charge in [0.05, 0.1) is 13.2 Å². The van der Waals surface area contributed by atoms with Crippen LogP contribution in [0.2, 0.25) is 0 Å². The van der Waals surface area contributed by atoms with Crippen LogP contribution in [0, 0.1) is 0 Å². The van der Waals surface area contributed by atoms with Gasteiger partial charge >= 0.3 is 0 Å². The molecule has 1 saturated heterocycles. The Balaban J connectivity index is 1.88. The Kier molecular flexibility index (Phi) is 2.40. The Morgan fingerprint density at radius 3 is 3.00 bits per heavy atom. The van der Waals surface area contributed by atoms with Crippen molar-refractivity contribution in [3.63, 3.8) is 0 Å². The van der Waals surface area contributed by atoms with E-state index in [1.165, 1.54) is 0 Å². The molecule has 1 fully saturated rings. The molecule has 0 aliphatic carbocycles. The molecule has 0 bridgehead atoms. The first kappa shape index (κ1) is 9.84. The first-order chi connectivity index (χ1) is 7.86. The van der Waals surface area contributed by atoms with Crippen LogP contribution in [-0.4, -0.2) is 40.7 Å². The number of carbonyl (C=O) groups excluding carboxylic acids is 1. The van der Waals surface area contributed by atoms with Crippen molar-refractivity contribution in [2.75, 3.05) is 19.7 Å². The summed E-state index contributed by atoms with van der Waals surface area (Å²) in [7, 11) is 0. The molecule has 86 valence electrons. The van der Waals surface area contributed by atoms with E-state index in [0.29, 0.717) is 18.9 Å². The molecule has 0 spiro atoms. The summed E-state index contributed by atoms with van der Waals surface area (Å²) < 4.78 is 5.38. The molecular weight excluding hydrogens is 206 g/mol. The van der Waals surface area contributed by atoms with Crippen molar-refractivity contribution >= 4 is 5.91 Å². The maximum Gasteiger partial charge on any atom is 0.274 e. The normalized spacial score (nSPS) is 19.9. The molecule has 1 aromatic rings. The minimum Gasteiger partial charge on any atom is -0.376 e. The zero-order chi connectivity index (χ0) is 11.0. The van der Waals surface area contributed by atoms with Gasteiger partial charge < -0.3 is 9.64 Å². The molecule has 16 heavy (non-hydrogen) atoms. The third kappa shape index (κ3) is 1.51. The van der Waals surface area contributed by atoms with Gasteiger partial charge in [0.2, 0.25) is 0 Å². The SMILES string of the molecule is O=C(c1n[nH]c2c1COCC2)N1CCCC1. The number of ether oxygens (including phenoxy) is 1. The number of aromatic amines is 1. The van der Waals surface area contributed by atoms with E-state index in [9.17, 15) is 4.79 Å². The molecule has 3 rings (SSSR count). The second-order valence-corrected chi connectivity index (χ2v) is 4.33. The summed E-state index contributed by atoms with van der Waals surface area (Å²) in [5, 5.41) is 7.10. The molecule has 1 amide bonds. The molecule has 0 saturated carbocycles. The molecule has 0 radical (unpaired) electrons. The second kappa shape index (κ2) is 3.90. The summed E-state index contributed by atoms with van der Waals surface area (Å²) >= 11 is 0. The average Bonchev–Trinajstić information content (AvgIpc) is 2.98. The number of amides is 1. The Morgan fingerprint density at radius 2 is 2.19 bits per heavy atom. The van der Waals surface area contributed by atoms with Crippen molar-refractivity contribution in [3.8, 4) is 0 Å². The molecule has 1 N–H and O–H groups in total. The van der Waals surface area contributed by atoms with Gasteiger partial charge in [-0.05, 0) is 12.8 Å². The van der Waals surface area contributed by atoms with Crippen molar-refractivity contribution in [2.24, 2.45) is 0 Å². The van der Waals surface area contributed by atoms with E-state index >= 15 is 0 Å². The van der Waals surface area contributed by atoms with Crippen molar-refractivity contribution in [1.29, 1.82) is 0 Å². The zero-order valence-electron chi connectivity index (χ0n) is 9.16. The van der Waals surface area contributed by atoms with Gasteiger partial charge in [0, 0.05) is 30.8 Å². The van der Waals surface area contributed by atoms with Crippen molar-refractivity contribution in [3.05, 3.63) is 17.0 Å². The Morgan fingerprint density at radius 1 is 1.38 bits per heavy atom. The smallest absolute Gasteiger partial charge is 0.274 e. The minimum absolute atomic E-state index is 0.0560. The lowest BCUT2D eigenvalue weighted by molar-refractivity contribution is 0.0772. The van der Waals surface area contributed by atoms with Gasteiger partial charge in [-0.3, -0.25) is 9.89 Å². The van der Waals surface area contributed by atoms with E-state index < -0.39 is 0 Å². The third-order valence-corrected chi connectivity index (χ3v) is 3.29. The van der Waals surface area contributed by atoms with E-state index in [1.807, 2.05) is 4.90 Å². The van der Waals surface area contributed by atoms with Gasteiger partial charge in [0.15, 0.2) is 5.69 Å². The largest absolute Gasteiger partial charge is 0.376 e. The Labute approximate surface area is 93.8 Å². The molecule has 0 atom stereocenters. The highest BCUT2D eigenvalue weighted by molar-refractivity contribution is 5.94. The fraction of sp³-hybridized carbons (Fsp3) is 0.636. The highest BCUT2D eigenvalue weighted by Crippen LogP contribution is 2.21. The summed E-state index contributed by atoms with van der Waals surface area (Å²) in [6, 6.07) is 0. The van der Waals surface area contributed by atoms with Crippen LogP contribution in [0.3, 0.4) is 0 Å². The van der Waals surface area contributed by atoms with Gasteiger partial charge in [0.1, 0.15) is 0 Å². The van der Waals surface area contributed by atoms with Gasteiger partial charge in [-0.2, -0.15) is 5.10 Å². The van der Waals surface area contributed by atoms with E-state index in [-0.39, 0.29) is 5.91 Å². The monoisotopic (exact) mass is 221 g/mol. The van der Waals surface area contributed by atoms with Gasteiger partial charge in [-0.25, -0.2) is 0 Å². The van der Waals surface area contributed by atoms with Crippen LogP contribution in [0.15, 0.2) is 0 Å². The molecule has 3 heterocycles. The molecule has 0 unspecified atom stereocenters. The van der Waals surface area contributed by atoms with Crippen LogP contribution >= 0.6 is 0 Å². The van der Waals surface area contributed by atoms with Crippen LogP contribution in [-0.2, 0) is 17.8 Å². The van der Waals surface area contributed by atoms with Crippen LogP contribution in [0.4, 0.5) is 0 Å². The summed E-state index contributed by atoms with van der Waals surface area (Å²) in [5.74, 6) is 0.0560. The lowest BCUT2D eigenvalue weighted by atomic mass is 10.1. The number of rotatable bonds is 1. The summed E-state index contributed by atoms with van der Waals surface area (Å²) in [6.07, 6.45) is 3.04. The van der Waals surface area contributed by atoms with Crippen LogP contribution in [0.5, 0.6) is 0 Å². The minimum atomic E-state index is 0.0560. The van der Waals surface area contributed by atoms with E-state index in [4.69, 9.17) is 4.74 Å². The maximum absolute atomic E-state index is 12.2. The first-order valence-corrected chi connectivity index (χ1v) is 5.79. The van der Waals surface area contributed by atoms with Crippen LogP contribution in [0.1, 0.15) is 34.6 Å². The molecule has 0 aromatic carbocycles. The number of fused-ring (bicyclic) bond motifs is 1. The number of aromatic nitrogens is 2. The number of nitrogens with zero attached hydrogens (tertiary/aromatic N) is 2. The predicted octanol–water partition coefficient (Wildman–Crippen LogP) is 0.718. The second-order valence-electron chi connectivity index (χ2n) is 4.33. The summed E-state index contributed by atoms with van der Waals surface area (Å²) in [6.45, 7) is 2.95. The molecule has 2 aliphatic heterocycles. The van der Waals surface area contributed by atoms with Crippen molar-refractivity contribution in [1.82, 2.24) is 15.1 Å². The molecule has 2 aliphatic rings. The number of carbonyl (C=O) groups is 1. The number of hydrogen-bond donors (Lipinski definition) is 1. The summed E-state index contributed by atoms with van der Waals surface area (Å²) in [4.78, 5) is 14.0. The van der Waals surface area contributed by atoms with Crippen LogP contribution in [0.25, 0.3) is 0 Å². The topological polar surface area (TPSA) is 58.2 Å². The maximum atomic E-state index is 12.2. The van der Waals surface area contributed by atoms with E-state index in [2.05, 4.69) is 10.2 Å². The van der Waals surface area contributed by atoms with E-state index in [1.54, 1.807) is 0 Å². The third-order valence-electron chi connectivity index (χ3n) is 3.29. The molecule has 5 heteroatoms. The fourth-order valence-electron chi connectivity index (χ4n) is 2.36. The lowest BCUT2D eigenvalue weighted by Crippen LogP contribution is -2.29. The molecule has 1 aromatic heterocycles. The van der Waals surface area contributed by atoms with Crippen LogP contribution < -0.4 is 0 Å². The van der Waals surface area contributed by atoms with Crippen molar-refractivity contribution in [2.45, 2.75) is 25.9 Å². The number of hydrogen-bond acceptors (Lipinski definition) is 3. The molecule has 5 nitrogen and oxygen atoms in total. The Bertz CT molecular complexity index is 407. The Hall–Kier alpha value is -1.36. The number of H-pyrrole nitrogens is 1.